The summed E-state index contributed by atoms with van der Waals surface area (Å²) in [6.07, 6.45) is 16.9. The van der Waals surface area contributed by atoms with Gasteiger partial charge in [0.25, 0.3) is 0 Å². The molecule has 69 heavy (non-hydrogen) atoms. The van der Waals surface area contributed by atoms with Crippen molar-refractivity contribution in [1.82, 2.24) is 5.32 Å². The van der Waals surface area contributed by atoms with Crippen LogP contribution in [0.5, 0.6) is 0 Å². The second-order valence-electron chi connectivity index (χ2n) is 20.4. The summed E-state index contributed by atoms with van der Waals surface area (Å²) in [5, 5.41) is 109. The van der Waals surface area contributed by atoms with Crippen LogP contribution >= 0.6 is 0 Å². The Labute approximate surface area is 416 Å². The molecule has 0 aliphatic carbocycles. The Hall–Kier alpha value is -1.09. The van der Waals surface area contributed by atoms with Gasteiger partial charge in [0, 0.05) is 0 Å². The van der Waals surface area contributed by atoms with Gasteiger partial charge in [-0.3, -0.25) is 4.79 Å². The molecule has 0 radical (unpaired) electrons. The summed E-state index contributed by atoms with van der Waals surface area (Å²) in [5.74, 6) is -0.761. The van der Waals surface area contributed by atoms with Crippen molar-refractivity contribution in [3.63, 3.8) is 0 Å². The predicted octanol–water partition coefficient (Wildman–Crippen LogP) is 6.11. The van der Waals surface area contributed by atoms with Gasteiger partial charge in [-0.05, 0) is 12.8 Å². The minimum atomic E-state index is -1.82. The van der Waals surface area contributed by atoms with Gasteiger partial charge < -0.3 is 75.3 Å². The second kappa shape index (κ2) is 40.3. The molecule has 16 nitrogen and oxygen atoms in total. The third kappa shape index (κ3) is 26.6. The molecule has 0 unspecified atom stereocenters. The summed E-state index contributed by atoms with van der Waals surface area (Å²) in [5.41, 5.74) is 0. The molecular weight excluding hydrogens is 891 g/mol. The Bertz CT molecular complexity index is 1210. The third-order valence-electron chi connectivity index (χ3n) is 14.2. The largest absolute Gasteiger partial charge is 0.394 e. The molecule has 2 heterocycles. The number of ether oxygens (including phenoxy) is 4. The summed E-state index contributed by atoms with van der Waals surface area (Å²) < 4.78 is 22.6. The van der Waals surface area contributed by atoms with Crippen molar-refractivity contribution in [3.05, 3.63) is 0 Å². The Morgan fingerprint density at radius 3 is 1.36 bits per heavy atom. The summed E-state index contributed by atoms with van der Waals surface area (Å²) in [6.45, 7) is 2.39. The van der Waals surface area contributed by atoms with E-state index in [4.69, 9.17) is 18.9 Å². The molecule has 2 aliphatic rings. The van der Waals surface area contributed by atoms with Crippen molar-refractivity contribution in [2.45, 2.75) is 312 Å². The molecule has 2 saturated heterocycles. The topological polar surface area (TPSA) is 268 Å². The van der Waals surface area contributed by atoms with Crippen LogP contribution in [0.25, 0.3) is 0 Å². The first-order chi connectivity index (χ1) is 33.4. The molecule has 410 valence electrons. The number of carbonyl (C=O) groups is 1. The van der Waals surface area contributed by atoms with Crippen molar-refractivity contribution in [1.29, 1.82) is 0 Å². The molecule has 14 atom stereocenters. The van der Waals surface area contributed by atoms with E-state index in [0.717, 1.165) is 44.9 Å². The highest BCUT2D eigenvalue weighted by molar-refractivity contribution is 5.80. The average molecular weight is 994 g/mol. The fourth-order valence-electron chi connectivity index (χ4n) is 9.60. The minimum absolute atomic E-state index is 0.204. The lowest BCUT2D eigenvalue weighted by Gasteiger charge is -2.43. The number of aliphatic hydroxyl groups is 10. The molecule has 2 rings (SSSR count). The van der Waals surface area contributed by atoms with Crippen LogP contribution in [-0.2, 0) is 23.7 Å². The SMILES string of the molecule is CCCCCCCCCCCCCCCCCC[C@@H](O)C(=O)N[C@@H](CO[C@H]1O[C@H](CO)[C@H](O)[C@H](O[C@@H]2O[C@@H]([C@H](O)CO)[C@H](O)[C@H]2O)[C@H]1O)[C@H](O)[C@H](O)CCCCCCCCCCCCCCCCC. The molecule has 0 bridgehead atoms. The van der Waals surface area contributed by atoms with Crippen LogP contribution < -0.4 is 5.32 Å². The maximum Gasteiger partial charge on any atom is 0.249 e. The normalized spacial score (nSPS) is 26.2. The number of hydrogen-bond acceptors (Lipinski definition) is 15. The van der Waals surface area contributed by atoms with E-state index in [0.29, 0.717) is 12.8 Å². The molecule has 2 aliphatic heterocycles. The fraction of sp³-hybridized carbons (Fsp3) is 0.981. The van der Waals surface area contributed by atoms with Gasteiger partial charge >= 0.3 is 0 Å². The van der Waals surface area contributed by atoms with Crippen molar-refractivity contribution in [3.8, 4) is 0 Å². The molecule has 0 spiro atoms. The van der Waals surface area contributed by atoms with Crippen molar-refractivity contribution in [2.75, 3.05) is 19.8 Å². The Kier molecular flexibility index (Phi) is 37.4. The lowest BCUT2D eigenvalue weighted by atomic mass is 9.98. The number of hydrogen-bond donors (Lipinski definition) is 11. The Morgan fingerprint density at radius 1 is 0.522 bits per heavy atom. The van der Waals surface area contributed by atoms with E-state index in [1.165, 1.54) is 141 Å². The average Bonchev–Trinajstić information content (AvgIpc) is 3.63. The maximum atomic E-state index is 13.4. The van der Waals surface area contributed by atoms with Crippen molar-refractivity contribution < 1.29 is 74.8 Å². The van der Waals surface area contributed by atoms with Crippen LogP contribution in [-0.4, -0.2) is 163 Å². The van der Waals surface area contributed by atoms with Crippen LogP contribution in [0.2, 0.25) is 0 Å². The number of rotatable bonds is 45. The number of nitrogens with one attached hydrogen (secondary N) is 1. The number of unbranched alkanes of at least 4 members (excludes halogenated alkanes) is 29. The first-order valence-electron chi connectivity index (χ1n) is 28.0. The van der Waals surface area contributed by atoms with E-state index < -0.39 is 111 Å². The molecule has 0 saturated carbocycles. The van der Waals surface area contributed by atoms with E-state index in [9.17, 15) is 55.9 Å². The smallest absolute Gasteiger partial charge is 0.249 e. The molecule has 11 N–H and O–H groups in total. The molecular formula is C53H103NO15. The monoisotopic (exact) mass is 994 g/mol. The predicted molar refractivity (Wildman–Crippen MR) is 266 cm³/mol. The summed E-state index contributed by atoms with van der Waals surface area (Å²) >= 11 is 0. The molecule has 2 fully saturated rings. The highest BCUT2D eigenvalue weighted by Crippen LogP contribution is 2.31. The Balaban J connectivity index is 1.90. The number of carbonyl (C=O) groups excluding carboxylic acids is 1. The quantitative estimate of drug-likeness (QED) is 0.0308. The minimum Gasteiger partial charge on any atom is -0.394 e. The van der Waals surface area contributed by atoms with E-state index >= 15 is 0 Å². The molecule has 0 aromatic heterocycles. The molecule has 0 aromatic carbocycles. The summed E-state index contributed by atoms with van der Waals surface area (Å²) in [4.78, 5) is 13.4. The summed E-state index contributed by atoms with van der Waals surface area (Å²) in [6, 6.07) is -1.28. The van der Waals surface area contributed by atoms with E-state index in [1.807, 2.05) is 0 Å². The summed E-state index contributed by atoms with van der Waals surface area (Å²) in [7, 11) is 0. The van der Waals surface area contributed by atoms with Crippen LogP contribution in [0.1, 0.15) is 226 Å². The van der Waals surface area contributed by atoms with Crippen molar-refractivity contribution in [2.24, 2.45) is 0 Å². The first-order valence-corrected chi connectivity index (χ1v) is 28.0. The Morgan fingerprint density at radius 2 is 0.942 bits per heavy atom. The lowest BCUT2D eigenvalue weighted by molar-refractivity contribution is -0.332. The van der Waals surface area contributed by atoms with Gasteiger partial charge in [-0.2, -0.15) is 0 Å². The van der Waals surface area contributed by atoms with Gasteiger partial charge in [0.1, 0.15) is 61.0 Å². The second-order valence-corrected chi connectivity index (χ2v) is 20.4. The number of amides is 1. The van der Waals surface area contributed by atoms with E-state index in [2.05, 4.69) is 19.2 Å². The molecule has 1 amide bonds. The molecule has 16 heteroatoms. The van der Waals surface area contributed by atoms with Gasteiger partial charge in [0.2, 0.25) is 5.91 Å². The van der Waals surface area contributed by atoms with Gasteiger partial charge in [-0.1, -0.05) is 213 Å². The zero-order chi connectivity index (χ0) is 50.7. The van der Waals surface area contributed by atoms with Gasteiger partial charge in [0.15, 0.2) is 12.6 Å². The van der Waals surface area contributed by atoms with Crippen LogP contribution in [0.4, 0.5) is 0 Å². The molecule has 0 aromatic rings. The zero-order valence-corrected chi connectivity index (χ0v) is 43.1. The highest BCUT2D eigenvalue weighted by Gasteiger charge is 2.52. The first kappa shape index (κ1) is 64.0. The lowest BCUT2D eigenvalue weighted by Crippen LogP contribution is -2.62. The van der Waals surface area contributed by atoms with Crippen LogP contribution in [0, 0.1) is 0 Å². The van der Waals surface area contributed by atoms with Crippen LogP contribution in [0.15, 0.2) is 0 Å². The standard InChI is InChI=1S/C53H103NO15/c1-3-5-7-9-11-13-15-17-19-21-23-25-27-29-31-33-35-41(58)51(65)54-39(44(60)40(57)34-32-30-28-26-24-22-20-18-16-14-12-10-8-6-4-2)38-66-52-48(64)50(45(61)43(37-56)67-52)69-53-47(63)46(62)49(68-53)42(59)36-55/h39-50,52-53,55-64H,3-38H2,1-2H3,(H,54,65)/t39-,40+,41+,42+,43+,44-,45-,46+,47+,48+,49-,50-,52-,53-/m0/s1. The fourth-order valence-corrected chi connectivity index (χ4v) is 9.60. The highest BCUT2D eigenvalue weighted by atomic mass is 16.7. The van der Waals surface area contributed by atoms with Gasteiger partial charge in [-0.25, -0.2) is 0 Å². The van der Waals surface area contributed by atoms with E-state index in [1.54, 1.807) is 0 Å². The third-order valence-corrected chi connectivity index (χ3v) is 14.2. The maximum absolute atomic E-state index is 13.4. The zero-order valence-electron chi connectivity index (χ0n) is 43.1. The van der Waals surface area contributed by atoms with Gasteiger partial charge in [0.05, 0.1) is 32.0 Å². The van der Waals surface area contributed by atoms with E-state index in [-0.39, 0.29) is 12.8 Å². The van der Waals surface area contributed by atoms with Crippen LogP contribution in [0.3, 0.4) is 0 Å². The van der Waals surface area contributed by atoms with Crippen molar-refractivity contribution >= 4 is 5.91 Å². The van der Waals surface area contributed by atoms with Gasteiger partial charge in [-0.15, -0.1) is 0 Å². The number of aliphatic hydroxyl groups excluding tert-OH is 10.